The lowest BCUT2D eigenvalue weighted by Gasteiger charge is -2.26. The average molecular weight is 419 g/mol. The highest BCUT2D eigenvalue weighted by Crippen LogP contribution is 2.38. The second-order valence-corrected chi connectivity index (χ2v) is 9.10. The number of amides is 1. The summed E-state index contributed by atoms with van der Waals surface area (Å²) in [6.45, 7) is 1.01. The van der Waals surface area contributed by atoms with Gasteiger partial charge in [0.05, 0.1) is 25.7 Å². The van der Waals surface area contributed by atoms with Crippen molar-refractivity contribution < 1.29 is 22.7 Å². The van der Waals surface area contributed by atoms with Crippen molar-refractivity contribution in [2.75, 3.05) is 38.9 Å². The molecule has 0 radical (unpaired) electrons. The van der Waals surface area contributed by atoms with Gasteiger partial charge in [-0.25, -0.2) is 8.42 Å². The Morgan fingerprint density at radius 3 is 2.66 bits per heavy atom. The predicted molar refractivity (Wildman–Crippen MR) is 111 cm³/mol. The molecule has 1 N–H and O–H groups in total. The molecule has 29 heavy (non-hydrogen) atoms. The number of hydrogen-bond donors (Lipinski definition) is 1. The van der Waals surface area contributed by atoms with E-state index >= 15 is 0 Å². The molecular formula is C21H26N2O5S. The lowest BCUT2D eigenvalue weighted by molar-refractivity contribution is -0.117. The lowest BCUT2D eigenvalue weighted by Crippen LogP contribution is -2.33. The molecule has 1 aliphatic heterocycles. The van der Waals surface area contributed by atoms with Crippen molar-refractivity contribution in [1.29, 1.82) is 0 Å². The first kappa shape index (κ1) is 21.1. The van der Waals surface area contributed by atoms with Crippen molar-refractivity contribution in [3.63, 3.8) is 0 Å². The monoisotopic (exact) mass is 418 g/mol. The van der Waals surface area contributed by atoms with E-state index in [1.54, 1.807) is 26.4 Å². The molecule has 1 aliphatic rings. The van der Waals surface area contributed by atoms with Crippen LogP contribution in [0.1, 0.15) is 24.4 Å². The summed E-state index contributed by atoms with van der Waals surface area (Å²) >= 11 is 0. The first-order valence-corrected chi connectivity index (χ1v) is 11.3. The largest absolute Gasteiger partial charge is 0.497 e. The highest BCUT2D eigenvalue weighted by molar-refractivity contribution is 7.90. The van der Waals surface area contributed by atoms with Gasteiger partial charge in [-0.15, -0.1) is 0 Å². The Hall–Kier alpha value is -2.58. The number of carbonyl (C=O) groups excluding carboxylic acids is 1. The number of benzene rings is 2. The number of methoxy groups -OCH3 is 2. The van der Waals surface area contributed by atoms with E-state index in [0.717, 1.165) is 42.7 Å². The fourth-order valence-electron chi connectivity index (χ4n) is 3.65. The SMILES string of the molecule is COc1ccc([C@@H]2CCCN2CC(=O)Nc2cccc(S(C)(=O)=O)c2)c(OC)c1. The first-order chi connectivity index (χ1) is 13.8. The highest BCUT2D eigenvalue weighted by Gasteiger charge is 2.30. The van der Waals surface area contributed by atoms with Crippen LogP contribution in [0.3, 0.4) is 0 Å². The summed E-state index contributed by atoms with van der Waals surface area (Å²) in [5, 5.41) is 2.80. The van der Waals surface area contributed by atoms with Crippen molar-refractivity contribution >= 4 is 21.4 Å². The van der Waals surface area contributed by atoms with Crippen molar-refractivity contribution in [3.8, 4) is 11.5 Å². The number of hydrogen-bond acceptors (Lipinski definition) is 6. The minimum atomic E-state index is -3.33. The third kappa shape index (κ3) is 5.07. The van der Waals surface area contributed by atoms with Crippen LogP contribution >= 0.6 is 0 Å². The number of anilines is 1. The Kier molecular flexibility index (Phi) is 6.44. The van der Waals surface area contributed by atoms with Crippen LogP contribution in [-0.2, 0) is 14.6 Å². The summed E-state index contributed by atoms with van der Waals surface area (Å²) in [5.41, 5.74) is 1.49. The molecule has 8 heteroatoms. The fourth-order valence-corrected chi connectivity index (χ4v) is 4.32. The Balaban J connectivity index is 1.72. The Labute approximate surface area is 171 Å². The average Bonchev–Trinajstić information content (AvgIpc) is 3.14. The van der Waals surface area contributed by atoms with Crippen molar-refractivity contribution in [2.24, 2.45) is 0 Å². The molecule has 2 aromatic carbocycles. The molecule has 1 amide bonds. The van der Waals surface area contributed by atoms with Gasteiger partial charge in [0.25, 0.3) is 0 Å². The summed E-state index contributed by atoms with van der Waals surface area (Å²) in [5.74, 6) is 1.27. The van der Waals surface area contributed by atoms with Crippen LogP contribution in [0.5, 0.6) is 11.5 Å². The summed E-state index contributed by atoms with van der Waals surface area (Å²) in [4.78, 5) is 14.9. The van der Waals surface area contributed by atoms with Gasteiger partial charge in [0, 0.05) is 29.6 Å². The van der Waals surface area contributed by atoms with Crippen LogP contribution < -0.4 is 14.8 Å². The van der Waals surface area contributed by atoms with E-state index in [1.807, 2.05) is 18.2 Å². The van der Waals surface area contributed by atoms with Crippen LogP contribution in [0.15, 0.2) is 47.4 Å². The second-order valence-electron chi connectivity index (χ2n) is 7.08. The second kappa shape index (κ2) is 8.84. The summed E-state index contributed by atoms with van der Waals surface area (Å²) in [6, 6.07) is 12.1. The zero-order valence-electron chi connectivity index (χ0n) is 16.8. The van der Waals surface area contributed by atoms with E-state index in [-0.39, 0.29) is 23.4 Å². The Morgan fingerprint density at radius 2 is 1.97 bits per heavy atom. The van der Waals surface area contributed by atoms with Gasteiger partial charge in [0.15, 0.2) is 9.84 Å². The minimum Gasteiger partial charge on any atom is -0.497 e. The molecule has 7 nitrogen and oxygen atoms in total. The van der Waals surface area contributed by atoms with Crippen LogP contribution in [0, 0.1) is 0 Å². The van der Waals surface area contributed by atoms with Gasteiger partial charge in [-0.1, -0.05) is 12.1 Å². The normalized spacial score (nSPS) is 17.1. The summed E-state index contributed by atoms with van der Waals surface area (Å²) < 4.78 is 34.2. The van der Waals surface area contributed by atoms with Gasteiger partial charge < -0.3 is 14.8 Å². The number of likely N-dealkylation sites (tertiary alicyclic amines) is 1. The van der Waals surface area contributed by atoms with E-state index in [9.17, 15) is 13.2 Å². The molecule has 0 spiro atoms. The number of nitrogens with one attached hydrogen (secondary N) is 1. The number of sulfone groups is 1. The van der Waals surface area contributed by atoms with Gasteiger partial charge in [-0.05, 0) is 43.7 Å². The number of nitrogens with zero attached hydrogens (tertiary/aromatic N) is 1. The molecule has 1 heterocycles. The number of ether oxygens (including phenoxy) is 2. The van der Waals surface area contributed by atoms with Gasteiger partial charge in [0.2, 0.25) is 5.91 Å². The third-order valence-electron chi connectivity index (χ3n) is 5.06. The minimum absolute atomic E-state index is 0.0731. The molecule has 0 aliphatic carbocycles. The molecule has 1 saturated heterocycles. The van der Waals surface area contributed by atoms with Gasteiger partial charge in [-0.3, -0.25) is 9.69 Å². The summed E-state index contributed by atoms with van der Waals surface area (Å²) in [7, 11) is -0.0930. The van der Waals surface area contributed by atoms with Crippen LogP contribution in [0.25, 0.3) is 0 Å². The van der Waals surface area contributed by atoms with Gasteiger partial charge in [-0.2, -0.15) is 0 Å². The van der Waals surface area contributed by atoms with Crippen LogP contribution in [0.4, 0.5) is 5.69 Å². The standard InChI is InChI=1S/C21H26N2O5S/c1-27-16-9-10-18(20(13-16)28-2)19-8-5-11-23(19)14-21(24)22-15-6-4-7-17(12-15)29(3,25)26/h4,6-7,9-10,12-13,19H,5,8,11,14H2,1-3H3,(H,22,24)/t19-/m0/s1. The number of carbonyl (C=O) groups is 1. The molecule has 0 bridgehead atoms. The zero-order valence-corrected chi connectivity index (χ0v) is 17.7. The van der Waals surface area contributed by atoms with Crippen molar-refractivity contribution in [1.82, 2.24) is 4.90 Å². The highest BCUT2D eigenvalue weighted by atomic mass is 32.2. The van der Waals surface area contributed by atoms with E-state index < -0.39 is 9.84 Å². The van der Waals surface area contributed by atoms with E-state index in [2.05, 4.69) is 10.2 Å². The van der Waals surface area contributed by atoms with Crippen LogP contribution in [-0.4, -0.2) is 52.8 Å². The molecule has 2 aromatic rings. The maximum Gasteiger partial charge on any atom is 0.238 e. The van der Waals surface area contributed by atoms with Crippen LogP contribution in [0.2, 0.25) is 0 Å². The van der Waals surface area contributed by atoms with Gasteiger partial charge >= 0.3 is 0 Å². The number of rotatable bonds is 7. The molecule has 1 fully saturated rings. The Morgan fingerprint density at radius 1 is 1.17 bits per heavy atom. The molecule has 156 valence electrons. The molecule has 0 aromatic heterocycles. The lowest BCUT2D eigenvalue weighted by atomic mass is 10.0. The molecule has 1 atom stereocenters. The smallest absolute Gasteiger partial charge is 0.238 e. The third-order valence-corrected chi connectivity index (χ3v) is 6.17. The van der Waals surface area contributed by atoms with Crippen molar-refractivity contribution in [3.05, 3.63) is 48.0 Å². The maximum atomic E-state index is 12.6. The zero-order chi connectivity index (χ0) is 21.0. The fraction of sp³-hybridized carbons (Fsp3) is 0.381. The topological polar surface area (TPSA) is 84.9 Å². The van der Waals surface area contributed by atoms with Gasteiger partial charge in [0.1, 0.15) is 11.5 Å². The van der Waals surface area contributed by atoms with Crippen molar-refractivity contribution in [2.45, 2.75) is 23.8 Å². The molecule has 0 saturated carbocycles. The molecule has 0 unspecified atom stereocenters. The van der Waals surface area contributed by atoms with E-state index in [0.29, 0.717) is 5.69 Å². The quantitative estimate of drug-likeness (QED) is 0.744. The summed E-state index contributed by atoms with van der Waals surface area (Å²) in [6.07, 6.45) is 3.06. The predicted octanol–water partition coefficient (Wildman–Crippen LogP) is 2.88. The maximum absolute atomic E-state index is 12.6. The molecular weight excluding hydrogens is 392 g/mol. The van der Waals surface area contributed by atoms with E-state index in [4.69, 9.17) is 9.47 Å². The van der Waals surface area contributed by atoms with E-state index in [1.165, 1.54) is 12.1 Å². The molecule has 3 rings (SSSR count). The first-order valence-electron chi connectivity index (χ1n) is 9.38. The Bertz CT molecular complexity index is 990.